The van der Waals surface area contributed by atoms with Crippen LogP contribution in [0.3, 0.4) is 0 Å². The third-order valence-corrected chi connectivity index (χ3v) is 4.83. The first-order valence-corrected chi connectivity index (χ1v) is 7.95. The van der Waals surface area contributed by atoms with E-state index in [0.29, 0.717) is 5.69 Å². The Balaban J connectivity index is 2.24. The fraction of sp³-hybridized carbons (Fsp3) is 0.167. The van der Waals surface area contributed by atoms with Crippen molar-refractivity contribution < 1.29 is 14.3 Å². The van der Waals surface area contributed by atoms with E-state index in [9.17, 15) is 4.79 Å². The van der Waals surface area contributed by atoms with Gasteiger partial charge in [0.15, 0.2) is 0 Å². The molecule has 23 heavy (non-hydrogen) atoms. The Labute approximate surface area is 139 Å². The maximum Gasteiger partial charge on any atom is 0.355 e. The lowest BCUT2D eigenvalue weighted by Gasteiger charge is -2.05. The molecular weight excluding hydrogens is 310 g/mol. The van der Waals surface area contributed by atoms with Crippen molar-refractivity contribution in [3.05, 3.63) is 54.2 Å². The molecule has 0 unspecified atom stereocenters. The summed E-state index contributed by atoms with van der Waals surface area (Å²) >= 11 is 1.55. The molecule has 3 rings (SSSR count). The van der Waals surface area contributed by atoms with Gasteiger partial charge in [-0.25, -0.2) is 4.79 Å². The van der Waals surface area contributed by atoms with Crippen LogP contribution in [0.5, 0.6) is 5.75 Å². The van der Waals surface area contributed by atoms with Gasteiger partial charge in [0.2, 0.25) is 0 Å². The van der Waals surface area contributed by atoms with Crippen molar-refractivity contribution in [3.8, 4) is 5.75 Å². The van der Waals surface area contributed by atoms with Crippen LogP contribution in [0.2, 0.25) is 0 Å². The monoisotopic (exact) mass is 327 g/mol. The Morgan fingerprint density at radius 3 is 2.48 bits per heavy atom. The van der Waals surface area contributed by atoms with E-state index in [-0.39, 0.29) is 5.97 Å². The average molecular weight is 327 g/mol. The Hall–Kier alpha value is -2.40. The summed E-state index contributed by atoms with van der Waals surface area (Å²) in [5, 5.41) is 0.973. The smallest absolute Gasteiger partial charge is 0.355 e. The summed E-state index contributed by atoms with van der Waals surface area (Å²) in [6.07, 6.45) is 0. The number of benzene rings is 2. The van der Waals surface area contributed by atoms with Crippen LogP contribution in [0.15, 0.2) is 58.3 Å². The number of fused-ring (bicyclic) bond motifs is 1. The molecule has 3 aromatic rings. The van der Waals surface area contributed by atoms with Gasteiger partial charge in [0.25, 0.3) is 0 Å². The van der Waals surface area contributed by atoms with E-state index in [1.54, 1.807) is 18.9 Å². The second kappa shape index (κ2) is 6.38. The molecule has 0 aliphatic carbocycles. The van der Waals surface area contributed by atoms with Crippen LogP contribution in [0.1, 0.15) is 10.5 Å². The molecule has 0 amide bonds. The summed E-state index contributed by atoms with van der Waals surface area (Å²) in [5.41, 5.74) is 1.51. The molecule has 0 radical (unpaired) electrons. The molecule has 1 aromatic heterocycles. The standard InChI is InChI=1S/C18H17NO3S/c1-19-15-10-9-12(21-2)11-14(15)17(16(19)18(20)22-3)23-13-7-5-4-6-8-13/h4-11H,1-3H3. The molecule has 0 bridgehead atoms. The third-order valence-electron chi connectivity index (χ3n) is 3.70. The maximum absolute atomic E-state index is 12.3. The number of aryl methyl sites for hydroxylation is 1. The molecule has 2 aromatic carbocycles. The molecule has 0 saturated heterocycles. The number of aromatic nitrogens is 1. The highest BCUT2D eigenvalue weighted by molar-refractivity contribution is 7.99. The second-order valence-corrected chi connectivity index (χ2v) is 6.11. The van der Waals surface area contributed by atoms with Crippen LogP contribution in [0.4, 0.5) is 0 Å². The van der Waals surface area contributed by atoms with Crippen LogP contribution >= 0.6 is 11.8 Å². The number of esters is 1. The van der Waals surface area contributed by atoms with Gasteiger partial charge in [0, 0.05) is 22.8 Å². The van der Waals surface area contributed by atoms with Crippen LogP contribution in [-0.2, 0) is 11.8 Å². The number of carbonyl (C=O) groups excluding carboxylic acids is 1. The van der Waals surface area contributed by atoms with Gasteiger partial charge in [-0.15, -0.1) is 0 Å². The summed E-state index contributed by atoms with van der Waals surface area (Å²) in [6.45, 7) is 0. The lowest BCUT2D eigenvalue weighted by atomic mass is 10.2. The van der Waals surface area contributed by atoms with Crippen molar-refractivity contribution in [2.24, 2.45) is 7.05 Å². The predicted octanol–water partition coefficient (Wildman–Crippen LogP) is 4.12. The van der Waals surface area contributed by atoms with Gasteiger partial charge in [-0.3, -0.25) is 0 Å². The zero-order valence-electron chi connectivity index (χ0n) is 13.2. The number of methoxy groups -OCH3 is 2. The largest absolute Gasteiger partial charge is 0.497 e. The molecule has 0 spiro atoms. The van der Waals surface area contributed by atoms with Crippen LogP contribution < -0.4 is 4.74 Å². The number of hydrogen-bond donors (Lipinski definition) is 0. The van der Waals surface area contributed by atoms with E-state index >= 15 is 0 Å². The minimum absolute atomic E-state index is 0.346. The minimum Gasteiger partial charge on any atom is -0.497 e. The van der Waals surface area contributed by atoms with E-state index in [1.807, 2.05) is 60.1 Å². The Morgan fingerprint density at radius 2 is 1.83 bits per heavy atom. The van der Waals surface area contributed by atoms with Crippen molar-refractivity contribution in [2.75, 3.05) is 14.2 Å². The van der Waals surface area contributed by atoms with Crippen molar-refractivity contribution in [2.45, 2.75) is 9.79 Å². The van der Waals surface area contributed by atoms with Gasteiger partial charge in [0.1, 0.15) is 11.4 Å². The molecule has 0 saturated carbocycles. The lowest BCUT2D eigenvalue weighted by molar-refractivity contribution is 0.0586. The molecule has 0 atom stereocenters. The van der Waals surface area contributed by atoms with Gasteiger partial charge in [0.05, 0.1) is 19.1 Å². The van der Waals surface area contributed by atoms with E-state index in [4.69, 9.17) is 9.47 Å². The molecule has 4 nitrogen and oxygen atoms in total. The SMILES string of the molecule is COC(=O)c1c(Sc2ccccc2)c2cc(OC)ccc2n1C. The highest BCUT2D eigenvalue weighted by Gasteiger charge is 2.23. The topological polar surface area (TPSA) is 40.5 Å². The van der Waals surface area contributed by atoms with Crippen LogP contribution in [0, 0.1) is 0 Å². The van der Waals surface area contributed by atoms with Gasteiger partial charge in [-0.2, -0.15) is 0 Å². The first-order valence-electron chi connectivity index (χ1n) is 7.13. The van der Waals surface area contributed by atoms with E-state index in [2.05, 4.69) is 0 Å². The molecule has 0 aliphatic rings. The normalized spacial score (nSPS) is 10.7. The Morgan fingerprint density at radius 1 is 1.09 bits per heavy atom. The van der Waals surface area contributed by atoms with E-state index in [0.717, 1.165) is 26.4 Å². The summed E-state index contributed by atoms with van der Waals surface area (Å²) in [6, 6.07) is 15.8. The summed E-state index contributed by atoms with van der Waals surface area (Å²) in [4.78, 5) is 14.2. The first kappa shape index (κ1) is 15.5. The van der Waals surface area contributed by atoms with E-state index < -0.39 is 0 Å². The zero-order chi connectivity index (χ0) is 16.4. The molecule has 0 fully saturated rings. The fourth-order valence-corrected chi connectivity index (χ4v) is 3.67. The minimum atomic E-state index is -0.346. The number of rotatable bonds is 4. The van der Waals surface area contributed by atoms with Crippen molar-refractivity contribution in [1.29, 1.82) is 0 Å². The van der Waals surface area contributed by atoms with Gasteiger partial charge in [-0.05, 0) is 30.3 Å². The first-order chi connectivity index (χ1) is 11.2. The molecule has 0 N–H and O–H groups in total. The van der Waals surface area contributed by atoms with Crippen molar-refractivity contribution >= 4 is 28.6 Å². The number of nitrogens with zero attached hydrogens (tertiary/aromatic N) is 1. The Bertz CT molecular complexity index is 856. The Kier molecular flexibility index (Phi) is 4.30. The molecule has 5 heteroatoms. The maximum atomic E-state index is 12.3. The number of hydrogen-bond acceptors (Lipinski definition) is 4. The van der Waals surface area contributed by atoms with Gasteiger partial charge in [-0.1, -0.05) is 30.0 Å². The number of ether oxygens (including phenoxy) is 2. The lowest BCUT2D eigenvalue weighted by Crippen LogP contribution is -2.08. The van der Waals surface area contributed by atoms with Crippen LogP contribution in [-0.4, -0.2) is 24.8 Å². The summed E-state index contributed by atoms with van der Waals surface area (Å²) in [5.74, 6) is 0.413. The quantitative estimate of drug-likeness (QED) is 0.676. The highest BCUT2D eigenvalue weighted by Crippen LogP contribution is 2.39. The van der Waals surface area contributed by atoms with E-state index in [1.165, 1.54) is 7.11 Å². The van der Waals surface area contributed by atoms with Gasteiger partial charge < -0.3 is 14.0 Å². The second-order valence-electron chi connectivity index (χ2n) is 5.03. The summed E-state index contributed by atoms with van der Waals surface area (Å²) in [7, 11) is 4.91. The molecule has 0 aliphatic heterocycles. The van der Waals surface area contributed by atoms with Crippen molar-refractivity contribution in [3.63, 3.8) is 0 Å². The summed E-state index contributed by atoms with van der Waals surface area (Å²) < 4.78 is 12.2. The fourth-order valence-electron chi connectivity index (χ4n) is 2.55. The molecular formula is C18H17NO3S. The predicted molar refractivity (Wildman–Crippen MR) is 91.4 cm³/mol. The van der Waals surface area contributed by atoms with Gasteiger partial charge >= 0.3 is 5.97 Å². The molecule has 118 valence electrons. The zero-order valence-corrected chi connectivity index (χ0v) is 14.0. The molecule has 1 heterocycles. The van der Waals surface area contributed by atoms with Crippen LogP contribution in [0.25, 0.3) is 10.9 Å². The number of carbonyl (C=O) groups is 1. The average Bonchev–Trinajstić information content (AvgIpc) is 2.87. The highest BCUT2D eigenvalue weighted by atomic mass is 32.2. The third kappa shape index (κ3) is 2.80. The van der Waals surface area contributed by atoms with Crippen molar-refractivity contribution in [1.82, 2.24) is 4.57 Å².